The lowest BCUT2D eigenvalue weighted by atomic mass is 10.2. The number of hydrogen-bond acceptors (Lipinski definition) is 4. The van der Waals surface area contributed by atoms with Crippen LogP contribution >= 0.6 is 11.6 Å². The van der Waals surface area contributed by atoms with Crippen molar-refractivity contribution in [3.63, 3.8) is 0 Å². The van der Waals surface area contributed by atoms with Gasteiger partial charge in [-0.3, -0.25) is 9.48 Å². The van der Waals surface area contributed by atoms with Gasteiger partial charge in [0.05, 0.1) is 29.1 Å². The van der Waals surface area contributed by atoms with E-state index >= 15 is 0 Å². The number of para-hydroxylation sites is 1. The zero-order valence-corrected chi connectivity index (χ0v) is 12.3. The number of nitrogens with zero attached hydrogens (tertiary/aromatic N) is 2. The Morgan fingerprint density at radius 3 is 2.75 bits per heavy atom. The van der Waals surface area contributed by atoms with Gasteiger partial charge in [-0.05, 0) is 19.1 Å². The van der Waals surface area contributed by atoms with E-state index in [-0.39, 0.29) is 6.61 Å². The minimum Gasteiger partial charge on any atom is -0.493 e. The molecule has 0 N–H and O–H groups in total. The zero-order chi connectivity index (χ0) is 14.7. The molecule has 6 heteroatoms. The quantitative estimate of drug-likeness (QED) is 0.796. The van der Waals surface area contributed by atoms with E-state index < -0.39 is 0 Å². The molecule has 1 aromatic carbocycles. The Kier molecular flexibility index (Phi) is 4.29. The fourth-order valence-electron chi connectivity index (χ4n) is 1.92. The second kappa shape index (κ2) is 5.96. The molecule has 0 saturated carbocycles. The van der Waals surface area contributed by atoms with Crippen LogP contribution in [0.1, 0.15) is 21.7 Å². The van der Waals surface area contributed by atoms with Crippen LogP contribution < -0.4 is 9.47 Å². The number of rotatable bonds is 5. The normalized spacial score (nSPS) is 10.4. The van der Waals surface area contributed by atoms with Gasteiger partial charge in [0.2, 0.25) is 0 Å². The first kappa shape index (κ1) is 14.4. The number of halogens is 1. The van der Waals surface area contributed by atoms with E-state index in [9.17, 15) is 4.79 Å². The largest absolute Gasteiger partial charge is 0.493 e. The van der Waals surface area contributed by atoms with Crippen molar-refractivity contribution in [1.82, 2.24) is 9.78 Å². The number of aromatic nitrogens is 2. The van der Waals surface area contributed by atoms with Crippen molar-refractivity contribution in [3.8, 4) is 11.5 Å². The van der Waals surface area contributed by atoms with Gasteiger partial charge in [0, 0.05) is 7.05 Å². The molecule has 0 radical (unpaired) electrons. The maximum absolute atomic E-state index is 11.1. The summed E-state index contributed by atoms with van der Waals surface area (Å²) in [6.07, 6.45) is 0.730. The van der Waals surface area contributed by atoms with E-state index in [1.54, 1.807) is 29.9 Å². The molecule has 0 amide bonds. The smallest absolute Gasteiger partial charge is 0.172 e. The molecule has 2 aromatic rings. The number of aldehydes is 1. The minimum atomic E-state index is 0.206. The predicted octanol–water partition coefficient (Wildman–Crippen LogP) is 2.78. The molecule has 0 spiro atoms. The van der Waals surface area contributed by atoms with E-state index in [1.807, 2.05) is 6.92 Å². The number of carbonyl (C=O) groups is 1. The first-order valence-electron chi connectivity index (χ1n) is 6.01. The molecule has 0 saturated heterocycles. The summed E-state index contributed by atoms with van der Waals surface area (Å²) in [5, 5.41) is 4.78. The second-order valence-corrected chi connectivity index (χ2v) is 4.63. The van der Waals surface area contributed by atoms with E-state index in [2.05, 4.69) is 5.10 Å². The van der Waals surface area contributed by atoms with Crippen molar-refractivity contribution in [2.75, 3.05) is 7.11 Å². The minimum absolute atomic E-state index is 0.206. The third-order valence-corrected chi connectivity index (χ3v) is 3.46. The third-order valence-electron chi connectivity index (χ3n) is 2.97. The topological polar surface area (TPSA) is 53.4 Å². The van der Waals surface area contributed by atoms with Crippen LogP contribution in [-0.4, -0.2) is 23.2 Å². The SMILES string of the molecule is COc1cccc(C=O)c1OCc1c(Cl)c(C)nn1C. The zero-order valence-electron chi connectivity index (χ0n) is 11.5. The van der Waals surface area contributed by atoms with Gasteiger partial charge in [-0.2, -0.15) is 5.10 Å². The fourth-order valence-corrected chi connectivity index (χ4v) is 2.13. The summed E-state index contributed by atoms with van der Waals surface area (Å²) in [5.74, 6) is 0.907. The van der Waals surface area contributed by atoms with Crippen molar-refractivity contribution in [1.29, 1.82) is 0 Å². The molecule has 0 fully saturated rings. The molecule has 0 bridgehead atoms. The van der Waals surface area contributed by atoms with Gasteiger partial charge in [-0.25, -0.2) is 0 Å². The Morgan fingerprint density at radius 2 is 2.20 bits per heavy atom. The summed E-state index contributed by atoms with van der Waals surface area (Å²) in [7, 11) is 3.32. The van der Waals surface area contributed by atoms with Crippen molar-refractivity contribution in [2.45, 2.75) is 13.5 Å². The number of carbonyl (C=O) groups excluding carboxylic acids is 1. The predicted molar refractivity (Wildman–Crippen MR) is 75.7 cm³/mol. The van der Waals surface area contributed by atoms with E-state index in [0.29, 0.717) is 22.1 Å². The van der Waals surface area contributed by atoms with Gasteiger partial charge in [0.1, 0.15) is 6.61 Å². The lowest BCUT2D eigenvalue weighted by Gasteiger charge is -2.12. The van der Waals surface area contributed by atoms with Crippen molar-refractivity contribution in [2.24, 2.45) is 7.05 Å². The van der Waals surface area contributed by atoms with Crippen LogP contribution in [0.3, 0.4) is 0 Å². The molecular formula is C14H15ClN2O3. The second-order valence-electron chi connectivity index (χ2n) is 4.25. The Hall–Kier alpha value is -2.01. The highest BCUT2D eigenvalue weighted by molar-refractivity contribution is 6.31. The number of ether oxygens (including phenoxy) is 2. The van der Waals surface area contributed by atoms with Crippen LogP contribution in [0.2, 0.25) is 5.02 Å². The van der Waals surface area contributed by atoms with Crippen LogP contribution in [-0.2, 0) is 13.7 Å². The highest BCUT2D eigenvalue weighted by Crippen LogP contribution is 2.31. The van der Waals surface area contributed by atoms with E-state index in [0.717, 1.165) is 17.7 Å². The molecule has 0 atom stereocenters. The average Bonchev–Trinajstić information content (AvgIpc) is 2.69. The molecule has 5 nitrogen and oxygen atoms in total. The van der Waals surface area contributed by atoms with Gasteiger partial charge >= 0.3 is 0 Å². The summed E-state index contributed by atoms with van der Waals surface area (Å²) >= 11 is 6.16. The molecule has 20 heavy (non-hydrogen) atoms. The molecule has 1 heterocycles. The Labute approximate surface area is 122 Å². The monoisotopic (exact) mass is 294 g/mol. The maximum Gasteiger partial charge on any atom is 0.172 e. The number of aryl methyl sites for hydroxylation is 2. The molecule has 0 aliphatic carbocycles. The number of methoxy groups -OCH3 is 1. The molecule has 1 aromatic heterocycles. The van der Waals surface area contributed by atoms with E-state index in [4.69, 9.17) is 21.1 Å². The summed E-state index contributed by atoms with van der Waals surface area (Å²) in [5.41, 5.74) is 1.91. The molecule has 106 valence electrons. The summed E-state index contributed by atoms with van der Waals surface area (Å²) < 4.78 is 12.6. The standard InChI is InChI=1S/C14H15ClN2O3/c1-9-13(15)11(17(2)16-9)8-20-14-10(7-18)5-4-6-12(14)19-3/h4-7H,8H2,1-3H3. The molecule has 2 rings (SSSR count). The maximum atomic E-state index is 11.1. The highest BCUT2D eigenvalue weighted by Gasteiger charge is 2.15. The number of benzene rings is 1. The van der Waals surface area contributed by atoms with E-state index in [1.165, 1.54) is 7.11 Å². The average molecular weight is 295 g/mol. The van der Waals surface area contributed by atoms with Crippen molar-refractivity contribution < 1.29 is 14.3 Å². The van der Waals surface area contributed by atoms with Crippen LogP contribution in [0.25, 0.3) is 0 Å². The van der Waals surface area contributed by atoms with Crippen LogP contribution in [0.4, 0.5) is 0 Å². The van der Waals surface area contributed by atoms with Crippen molar-refractivity contribution >= 4 is 17.9 Å². The Balaban J connectivity index is 2.29. The van der Waals surface area contributed by atoms with Gasteiger partial charge < -0.3 is 9.47 Å². The Bertz CT molecular complexity index is 638. The first-order valence-corrected chi connectivity index (χ1v) is 6.39. The summed E-state index contributed by atoms with van der Waals surface area (Å²) in [6.45, 7) is 2.03. The van der Waals surface area contributed by atoms with Crippen LogP contribution in [0, 0.1) is 6.92 Å². The molecule has 0 aliphatic rings. The van der Waals surface area contributed by atoms with Gasteiger partial charge in [-0.15, -0.1) is 0 Å². The molecular weight excluding hydrogens is 280 g/mol. The number of hydrogen-bond donors (Lipinski definition) is 0. The molecule has 0 aliphatic heterocycles. The van der Waals surface area contributed by atoms with Crippen molar-refractivity contribution in [3.05, 3.63) is 40.2 Å². The molecule has 0 unspecified atom stereocenters. The van der Waals surface area contributed by atoms with Gasteiger partial charge in [0.25, 0.3) is 0 Å². The van der Waals surface area contributed by atoms with Gasteiger partial charge in [-0.1, -0.05) is 17.7 Å². The third kappa shape index (κ3) is 2.63. The fraction of sp³-hybridized carbons (Fsp3) is 0.286. The summed E-state index contributed by atoms with van der Waals surface area (Å²) in [4.78, 5) is 11.1. The highest BCUT2D eigenvalue weighted by atomic mass is 35.5. The summed E-state index contributed by atoms with van der Waals surface area (Å²) in [6, 6.07) is 5.13. The lowest BCUT2D eigenvalue weighted by molar-refractivity contribution is 0.111. The van der Waals surface area contributed by atoms with Gasteiger partial charge in [0.15, 0.2) is 17.8 Å². The lowest BCUT2D eigenvalue weighted by Crippen LogP contribution is -2.05. The van der Waals surface area contributed by atoms with Crippen LogP contribution in [0.5, 0.6) is 11.5 Å². The Morgan fingerprint density at radius 1 is 1.45 bits per heavy atom. The first-order chi connectivity index (χ1) is 9.58. The van der Waals surface area contributed by atoms with Crippen LogP contribution in [0.15, 0.2) is 18.2 Å².